The molecule has 0 aliphatic rings. The summed E-state index contributed by atoms with van der Waals surface area (Å²) in [7, 11) is -3.90. The largest absolute Gasteiger partial charge is 0.417 e. The van der Waals surface area contributed by atoms with Crippen LogP contribution in [-0.2, 0) is 10.0 Å². The van der Waals surface area contributed by atoms with E-state index in [0.29, 0.717) is 21.1 Å². The molecule has 0 spiro atoms. The fraction of sp³-hybridized carbons (Fsp3) is 0.0714. The minimum Gasteiger partial charge on any atom is -0.408 e. The monoisotopic (exact) mass is 372 g/mol. The van der Waals surface area contributed by atoms with E-state index in [1.807, 2.05) is 0 Å². The van der Waals surface area contributed by atoms with Gasteiger partial charge >= 0.3 is 5.76 Å². The van der Waals surface area contributed by atoms with Gasteiger partial charge in [-0.05, 0) is 36.8 Å². The highest BCUT2D eigenvalue weighted by Gasteiger charge is 2.19. The maximum Gasteiger partial charge on any atom is 0.417 e. The van der Waals surface area contributed by atoms with Gasteiger partial charge in [-0.15, -0.1) is 0 Å². The number of aromatic amines is 1. The normalized spacial score (nSPS) is 11.8. The molecule has 6 nitrogen and oxygen atoms in total. The van der Waals surface area contributed by atoms with Gasteiger partial charge in [0, 0.05) is 16.1 Å². The van der Waals surface area contributed by atoms with Crippen LogP contribution >= 0.6 is 23.2 Å². The highest BCUT2D eigenvalue weighted by molar-refractivity contribution is 7.92. The number of aromatic nitrogens is 1. The summed E-state index contributed by atoms with van der Waals surface area (Å²) in [5, 5.41) is 0.609. The molecule has 2 aromatic carbocycles. The summed E-state index contributed by atoms with van der Waals surface area (Å²) in [5.74, 6) is -0.650. The van der Waals surface area contributed by atoms with Crippen LogP contribution in [0.2, 0.25) is 10.0 Å². The molecule has 9 heteroatoms. The molecule has 2 N–H and O–H groups in total. The Morgan fingerprint density at radius 3 is 2.39 bits per heavy atom. The van der Waals surface area contributed by atoms with Crippen molar-refractivity contribution in [3.8, 4) is 0 Å². The van der Waals surface area contributed by atoms with Crippen molar-refractivity contribution in [2.75, 3.05) is 4.72 Å². The number of hydrogen-bond acceptors (Lipinski definition) is 4. The van der Waals surface area contributed by atoms with Crippen molar-refractivity contribution in [1.29, 1.82) is 0 Å². The van der Waals surface area contributed by atoms with E-state index in [1.54, 1.807) is 6.92 Å². The molecule has 0 radical (unpaired) electrons. The smallest absolute Gasteiger partial charge is 0.408 e. The minimum atomic E-state index is -3.90. The third-order valence-electron chi connectivity index (χ3n) is 3.12. The molecule has 0 saturated heterocycles. The summed E-state index contributed by atoms with van der Waals surface area (Å²) < 4.78 is 32.4. The maximum absolute atomic E-state index is 12.6. The van der Waals surface area contributed by atoms with Gasteiger partial charge in [0.05, 0.1) is 16.1 Å². The van der Waals surface area contributed by atoms with Crippen LogP contribution in [0.5, 0.6) is 0 Å². The van der Waals surface area contributed by atoms with Gasteiger partial charge in [0.25, 0.3) is 10.0 Å². The number of nitrogens with one attached hydrogen (secondary N) is 2. The molecule has 0 aliphatic carbocycles. The molecule has 1 aromatic heterocycles. The average molecular weight is 373 g/mol. The lowest BCUT2D eigenvalue weighted by Crippen LogP contribution is -2.14. The summed E-state index contributed by atoms with van der Waals surface area (Å²) in [6.45, 7) is 1.62. The number of H-pyrrole nitrogens is 1. The topological polar surface area (TPSA) is 92.2 Å². The number of benzene rings is 2. The van der Waals surface area contributed by atoms with Crippen molar-refractivity contribution in [3.63, 3.8) is 0 Å². The zero-order valence-corrected chi connectivity index (χ0v) is 14.0. The first-order valence-corrected chi connectivity index (χ1v) is 8.61. The van der Waals surface area contributed by atoms with E-state index in [0.717, 1.165) is 0 Å². The Labute approximate surface area is 141 Å². The second-order valence-corrected chi connectivity index (χ2v) is 7.42. The molecule has 23 heavy (non-hydrogen) atoms. The van der Waals surface area contributed by atoms with E-state index in [1.165, 1.54) is 30.3 Å². The predicted octanol–water partition coefficient (Wildman–Crippen LogP) is 3.54. The van der Waals surface area contributed by atoms with Crippen LogP contribution in [0.4, 0.5) is 5.69 Å². The van der Waals surface area contributed by atoms with Crippen LogP contribution in [-0.4, -0.2) is 13.4 Å². The first-order valence-electron chi connectivity index (χ1n) is 6.37. The van der Waals surface area contributed by atoms with Crippen LogP contribution in [0, 0.1) is 6.92 Å². The van der Waals surface area contributed by atoms with Gasteiger partial charge in [-0.1, -0.05) is 23.2 Å². The fourth-order valence-corrected chi connectivity index (χ4v) is 4.01. The van der Waals surface area contributed by atoms with Gasteiger partial charge in [0.2, 0.25) is 0 Å². The number of fused-ring (bicyclic) bond motifs is 1. The van der Waals surface area contributed by atoms with Gasteiger partial charge in [-0.3, -0.25) is 9.71 Å². The van der Waals surface area contributed by atoms with Crippen molar-refractivity contribution in [2.24, 2.45) is 0 Å². The minimum absolute atomic E-state index is 0.0103. The van der Waals surface area contributed by atoms with E-state index in [2.05, 4.69) is 9.71 Å². The van der Waals surface area contributed by atoms with Crippen LogP contribution in [0.15, 0.2) is 44.4 Å². The zero-order valence-electron chi connectivity index (χ0n) is 11.7. The lowest BCUT2D eigenvalue weighted by Gasteiger charge is -2.11. The van der Waals surface area contributed by atoms with Crippen LogP contribution in [0.1, 0.15) is 5.56 Å². The van der Waals surface area contributed by atoms with Gasteiger partial charge in [0.15, 0.2) is 5.58 Å². The lowest BCUT2D eigenvalue weighted by molar-refractivity contribution is 0.554. The molecule has 0 unspecified atom stereocenters. The van der Waals surface area contributed by atoms with Gasteiger partial charge in [-0.25, -0.2) is 13.2 Å². The Kier molecular flexibility index (Phi) is 3.87. The summed E-state index contributed by atoms with van der Waals surface area (Å²) in [6, 6.07) is 7.19. The highest BCUT2D eigenvalue weighted by Crippen LogP contribution is 2.27. The van der Waals surface area contributed by atoms with E-state index in [4.69, 9.17) is 27.6 Å². The summed E-state index contributed by atoms with van der Waals surface area (Å²) >= 11 is 11.7. The summed E-state index contributed by atoms with van der Waals surface area (Å²) in [5.41, 5.74) is 1.27. The van der Waals surface area contributed by atoms with Gasteiger partial charge < -0.3 is 4.42 Å². The predicted molar refractivity (Wildman–Crippen MR) is 88.8 cm³/mol. The first kappa shape index (κ1) is 15.9. The molecule has 0 fully saturated rings. The zero-order chi connectivity index (χ0) is 16.8. The lowest BCUT2D eigenvalue weighted by atomic mass is 10.2. The Morgan fingerprint density at radius 2 is 1.74 bits per heavy atom. The standard InChI is InChI=1S/C14H10Cl2N2O4S/c1-7-2-11-12(22-14(19)17-11)6-13(7)23(20,21)18-10-4-8(15)3-9(16)5-10/h2-6,18H,1H3,(H,17,19). The molecule has 0 amide bonds. The van der Waals surface area contributed by atoms with Gasteiger partial charge in [0.1, 0.15) is 0 Å². The van der Waals surface area contributed by atoms with E-state index < -0.39 is 15.8 Å². The van der Waals surface area contributed by atoms with Crippen molar-refractivity contribution >= 4 is 50.0 Å². The Morgan fingerprint density at radius 1 is 1.09 bits per heavy atom. The van der Waals surface area contributed by atoms with Crippen molar-refractivity contribution in [3.05, 3.63) is 56.5 Å². The maximum atomic E-state index is 12.6. The first-order chi connectivity index (χ1) is 10.7. The number of oxazole rings is 1. The van der Waals surface area contributed by atoms with Gasteiger partial charge in [-0.2, -0.15) is 0 Å². The average Bonchev–Trinajstić information content (AvgIpc) is 2.74. The molecule has 0 atom stereocenters. The number of halogens is 2. The Balaban J connectivity index is 2.08. The molecular formula is C14H10Cl2N2O4S. The van der Waals surface area contributed by atoms with Crippen molar-refractivity contribution in [1.82, 2.24) is 4.98 Å². The summed E-state index contributed by atoms with van der Waals surface area (Å²) in [6.07, 6.45) is 0. The van der Waals surface area contributed by atoms with E-state index in [-0.39, 0.29) is 16.2 Å². The van der Waals surface area contributed by atoms with Crippen molar-refractivity contribution in [2.45, 2.75) is 11.8 Å². The molecule has 3 rings (SSSR count). The number of hydrogen-bond donors (Lipinski definition) is 2. The third kappa shape index (κ3) is 3.21. The number of aryl methyl sites for hydroxylation is 1. The van der Waals surface area contributed by atoms with Crippen LogP contribution in [0.25, 0.3) is 11.1 Å². The third-order valence-corrected chi connectivity index (χ3v) is 5.08. The SMILES string of the molecule is Cc1cc2[nH]c(=O)oc2cc1S(=O)(=O)Nc1cc(Cl)cc(Cl)c1. The second-order valence-electron chi connectivity index (χ2n) is 4.89. The molecule has 120 valence electrons. The fourth-order valence-electron chi connectivity index (χ4n) is 2.20. The van der Waals surface area contributed by atoms with E-state index >= 15 is 0 Å². The molecule has 0 aliphatic heterocycles. The van der Waals surface area contributed by atoms with Crippen LogP contribution in [0.3, 0.4) is 0 Å². The second kappa shape index (κ2) is 5.59. The van der Waals surface area contributed by atoms with Crippen molar-refractivity contribution < 1.29 is 12.8 Å². The number of sulfonamides is 1. The molecule has 0 saturated carbocycles. The summed E-state index contributed by atoms with van der Waals surface area (Å²) in [4.78, 5) is 13.7. The Hall–Kier alpha value is -1.96. The Bertz CT molecular complexity index is 1050. The molecular weight excluding hydrogens is 363 g/mol. The number of rotatable bonds is 3. The van der Waals surface area contributed by atoms with Crippen LogP contribution < -0.4 is 10.5 Å². The quantitative estimate of drug-likeness (QED) is 0.735. The highest BCUT2D eigenvalue weighted by atomic mass is 35.5. The molecule has 1 heterocycles. The molecule has 3 aromatic rings. The molecule has 0 bridgehead atoms. The van der Waals surface area contributed by atoms with E-state index in [9.17, 15) is 13.2 Å². The number of anilines is 1.